The van der Waals surface area contributed by atoms with E-state index in [0.29, 0.717) is 17.9 Å². The van der Waals surface area contributed by atoms with Gasteiger partial charge in [-0.05, 0) is 49.1 Å². The minimum atomic E-state index is -0.394. The van der Waals surface area contributed by atoms with Crippen molar-refractivity contribution in [2.24, 2.45) is 5.41 Å². The molecule has 2 aliphatic heterocycles. The van der Waals surface area contributed by atoms with Gasteiger partial charge in [-0.15, -0.1) is 0 Å². The van der Waals surface area contributed by atoms with E-state index in [1.807, 2.05) is 11.0 Å². The molecule has 0 bridgehead atoms. The van der Waals surface area contributed by atoms with Crippen molar-refractivity contribution in [1.29, 1.82) is 0 Å². The Kier molecular flexibility index (Phi) is 7.10. The summed E-state index contributed by atoms with van der Waals surface area (Å²) in [6, 6.07) is 3.61. The quantitative estimate of drug-likeness (QED) is 0.234. The van der Waals surface area contributed by atoms with Gasteiger partial charge in [-0.1, -0.05) is 65.0 Å². The van der Waals surface area contributed by atoms with E-state index >= 15 is 0 Å². The Balaban J connectivity index is 1.74. The third-order valence-corrected chi connectivity index (χ3v) is 9.84. The van der Waals surface area contributed by atoms with Crippen molar-refractivity contribution in [3.8, 4) is 0 Å². The average Bonchev–Trinajstić information content (AvgIpc) is 2.94. The van der Waals surface area contributed by atoms with Gasteiger partial charge in [0.1, 0.15) is 5.15 Å². The van der Waals surface area contributed by atoms with Crippen molar-refractivity contribution in [3.05, 3.63) is 38.1 Å². The average molecular weight is 605 g/mol. The van der Waals surface area contributed by atoms with Gasteiger partial charge in [0, 0.05) is 24.7 Å². The van der Waals surface area contributed by atoms with Gasteiger partial charge in [-0.3, -0.25) is 4.90 Å². The molecular formula is C16H20ClI2N4OP. The lowest BCUT2D eigenvalue weighted by molar-refractivity contribution is 0.191. The zero-order valence-electron chi connectivity index (χ0n) is 13.6. The lowest BCUT2D eigenvalue weighted by atomic mass is 9.80. The number of urea groups is 1. The number of aromatic nitrogens is 1. The van der Waals surface area contributed by atoms with Gasteiger partial charge in [0.05, 0.1) is 3.70 Å². The molecule has 1 atom stereocenters. The number of piperidine rings is 1. The van der Waals surface area contributed by atoms with Crippen molar-refractivity contribution in [2.45, 2.75) is 19.4 Å². The van der Waals surface area contributed by atoms with Crippen LogP contribution in [-0.4, -0.2) is 40.1 Å². The highest BCUT2D eigenvalue weighted by atomic mass is 127. The van der Waals surface area contributed by atoms with E-state index in [9.17, 15) is 4.79 Å². The van der Waals surface area contributed by atoms with Crippen molar-refractivity contribution in [2.75, 3.05) is 19.6 Å². The van der Waals surface area contributed by atoms with Gasteiger partial charge in [0.25, 0.3) is 0 Å². The summed E-state index contributed by atoms with van der Waals surface area (Å²) >= 11 is 7.88. The Morgan fingerprint density at radius 2 is 2.28 bits per heavy atom. The van der Waals surface area contributed by atoms with Crippen LogP contribution in [0.25, 0.3) is 0 Å². The van der Waals surface area contributed by atoms with Crippen LogP contribution < -0.4 is 10.6 Å². The van der Waals surface area contributed by atoms with E-state index in [2.05, 4.69) is 42.2 Å². The van der Waals surface area contributed by atoms with E-state index < -0.39 is 20.7 Å². The summed E-state index contributed by atoms with van der Waals surface area (Å²) in [5.74, 6) is 0. The van der Waals surface area contributed by atoms with Crippen molar-refractivity contribution >= 4 is 71.1 Å². The molecule has 25 heavy (non-hydrogen) atoms. The first kappa shape index (κ1) is 19.9. The van der Waals surface area contributed by atoms with Crippen LogP contribution in [0.5, 0.6) is 0 Å². The summed E-state index contributed by atoms with van der Waals surface area (Å²) in [5.41, 5.74) is 1.11. The fraction of sp³-hybridized carbons (Fsp3) is 0.438. The van der Waals surface area contributed by atoms with Crippen LogP contribution in [0, 0.1) is 5.41 Å². The molecule has 2 amide bonds. The third kappa shape index (κ3) is 4.36. The smallest absolute Gasteiger partial charge is 0.322 e. The molecule has 0 aromatic carbocycles. The maximum absolute atomic E-state index is 12.9. The SMILES string of the molecule is C=IC1=C(PI)C2(CCNCC2)CN1C(=O)NCc1ccc(Cl)nc1. The van der Waals surface area contributed by atoms with Crippen LogP contribution in [-0.2, 0) is 6.54 Å². The van der Waals surface area contributed by atoms with E-state index in [1.165, 1.54) is 9.02 Å². The molecular weight excluding hydrogens is 584 g/mol. The van der Waals surface area contributed by atoms with Crippen LogP contribution in [0.4, 0.5) is 4.79 Å². The molecule has 1 aromatic rings. The molecule has 1 aromatic heterocycles. The topological polar surface area (TPSA) is 57.3 Å². The largest absolute Gasteiger partial charge is 0.334 e. The summed E-state index contributed by atoms with van der Waals surface area (Å²) in [7, 11) is 0. The number of nitrogens with zero attached hydrogens (tertiary/aromatic N) is 2. The molecule has 1 spiro atoms. The van der Waals surface area contributed by atoms with Crippen LogP contribution in [0.2, 0.25) is 5.15 Å². The Labute approximate surface area is 177 Å². The minimum absolute atomic E-state index is 0.0177. The molecule has 1 saturated heterocycles. The Hall–Kier alpha value is 0.170. The van der Waals surface area contributed by atoms with Gasteiger partial charge in [-0.25, -0.2) is 9.78 Å². The molecule has 3 rings (SSSR count). The van der Waals surface area contributed by atoms with E-state index in [1.54, 1.807) is 12.3 Å². The maximum Gasteiger partial charge on any atom is 0.322 e. The van der Waals surface area contributed by atoms with Gasteiger partial charge >= 0.3 is 6.03 Å². The minimum Gasteiger partial charge on any atom is -0.334 e. The normalized spacial score (nSPS) is 20.0. The second-order valence-corrected chi connectivity index (χ2v) is 10.6. The number of carbonyl (C=O) groups excluding carboxylic acids is 1. The lowest BCUT2D eigenvalue weighted by Crippen LogP contribution is -2.43. The van der Waals surface area contributed by atoms with Crippen molar-refractivity contribution < 1.29 is 4.79 Å². The number of carbonyl (C=O) groups is 1. The number of hydrogen-bond acceptors (Lipinski definition) is 3. The molecule has 5 nitrogen and oxygen atoms in total. The first-order chi connectivity index (χ1) is 12.1. The number of halogens is 3. The van der Waals surface area contributed by atoms with Crippen LogP contribution in [0.3, 0.4) is 0 Å². The molecule has 136 valence electrons. The fourth-order valence-electron chi connectivity index (χ4n) is 3.34. The monoisotopic (exact) mass is 604 g/mol. The summed E-state index contributed by atoms with van der Waals surface area (Å²) in [6.45, 7) is 3.31. The van der Waals surface area contributed by atoms with Gasteiger partial charge in [-0.2, -0.15) is 0 Å². The molecule has 1 unspecified atom stereocenters. The zero-order chi connectivity index (χ0) is 17.9. The zero-order valence-corrected chi connectivity index (χ0v) is 19.7. The molecule has 1 fully saturated rings. The summed E-state index contributed by atoms with van der Waals surface area (Å²) in [4.78, 5) is 18.9. The Morgan fingerprint density at radius 1 is 1.52 bits per heavy atom. The summed E-state index contributed by atoms with van der Waals surface area (Å²) in [6.07, 6.45) is 4.63. The highest BCUT2D eigenvalue weighted by Crippen LogP contribution is 2.57. The van der Waals surface area contributed by atoms with Crippen molar-refractivity contribution in [3.63, 3.8) is 0 Å². The molecule has 9 heteroatoms. The number of nitrogens with one attached hydrogen (secondary N) is 2. The molecule has 0 radical (unpaired) electrons. The molecule has 2 N–H and O–H groups in total. The number of pyridine rings is 1. The van der Waals surface area contributed by atoms with E-state index in [0.717, 1.165) is 38.0 Å². The molecule has 0 aliphatic carbocycles. The lowest BCUT2D eigenvalue weighted by Gasteiger charge is -2.36. The first-order valence-corrected chi connectivity index (χ1v) is 15.1. The van der Waals surface area contributed by atoms with E-state index in [4.69, 9.17) is 11.6 Å². The highest BCUT2D eigenvalue weighted by Gasteiger charge is 2.46. The predicted octanol–water partition coefficient (Wildman–Crippen LogP) is 4.23. The maximum atomic E-state index is 12.9. The standard InChI is InChI=1S/C16H20ClI2N4OP/c1-19-14-13(25-18)16(4-6-20-7-5-16)10-23(14)15(24)22-9-11-2-3-12(17)21-8-11/h2-3,8,20,25H,1,4-7,9-10H2,(H,22,24). The third-order valence-electron chi connectivity index (χ3n) is 4.69. The molecule has 2 aliphatic rings. The summed E-state index contributed by atoms with van der Waals surface area (Å²) in [5, 5.41) is 8.43. The Morgan fingerprint density at radius 3 is 2.88 bits per heavy atom. The molecule has 0 saturated carbocycles. The number of amides is 2. The summed E-state index contributed by atoms with van der Waals surface area (Å²) < 4.78 is 5.42. The fourth-order valence-corrected chi connectivity index (χ4v) is 10.8. The number of rotatable bonds is 4. The highest BCUT2D eigenvalue weighted by molar-refractivity contribution is 14.2. The second kappa shape index (κ2) is 8.91. The Bertz CT molecular complexity index is 692. The van der Waals surface area contributed by atoms with Gasteiger partial charge in [0.2, 0.25) is 0 Å². The predicted molar refractivity (Wildman–Crippen MR) is 123 cm³/mol. The number of hydrogen-bond donors (Lipinski definition) is 2. The van der Waals surface area contributed by atoms with Gasteiger partial charge < -0.3 is 10.6 Å². The van der Waals surface area contributed by atoms with Crippen molar-refractivity contribution in [1.82, 2.24) is 20.5 Å². The second-order valence-electron chi connectivity index (χ2n) is 6.16. The van der Waals surface area contributed by atoms with Gasteiger partial charge in [0.15, 0.2) is 0 Å². The van der Waals surface area contributed by atoms with Crippen LogP contribution >= 0.6 is 60.6 Å². The van der Waals surface area contributed by atoms with E-state index in [-0.39, 0.29) is 11.4 Å². The first-order valence-electron chi connectivity index (χ1n) is 7.96. The van der Waals surface area contributed by atoms with Crippen LogP contribution in [0.1, 0.15) is 18.4 Å². The molecule has 3 heterocycles. The van der Waals surface area contributed by atoms with Crippen LogP contribution in [0.15, 0.2) is 27.3 Å².